The lowest BCUT2D eigenvalue weighted by atomic mass is 10.1. The van der Waals surface area contributed by atoms with Crippen LogP contribution in [-0.4, -0.2) is 22.2 Å². The number of carboxylic acids is 1. The van der Waals surface area contributed by atoms with Crippen molar-refractivity contribution in [2.24, 2.45) is 7.05 Å². The van der Waals surface area contributed by atoms with Crippen LogP contribution < -0.4 is 10.7 Å². The first-order valence-electron chi connectivity index (χ1n) is 6.25. The number of fused-ring (bicyclic) bond motifs is 1. The average molecular weight is 278 g/mol. The topological polar surface area (TPSA) is 71.3 Å². The fraction of sp³-hybridized carbons (Fsp3) is 0.286. The summed E-state index contributed by atoms with van der Waals surface area (Å²) in [4.78, 5) is 23.0. The van der Waals surface area contributed by atoms with Gasteiger partial charge in [-0.15, -0.1) is 0 Å². The van der Waals surface area contributed by atoms with Crippen molar-refractivity contribution >= 4 is 22.6 Å². The molecule has 0 saturated heterocycles. The molecule has 0 saturated carbocycles. The number of carbonyl (C=O) groups is 1. The first-order valence-corrected chi connectivity index (χ1v) is 6.25. The predicted molar refractivity (Wildman–Crippen MR) is 74.9 cm³/mol. The Balaban J connectivity index is 2.72. The van der Waals surface area contributed by atoms with Crippen molar-refractivity contribution < 1.29 is 14.3 Å². The summed E-state index contributed by atoms with van der Waals surface area (Å²) < 4.78 is 15.4. The molecule has 5 nitrogen and oxygen atoms in total. The van der Waals surface area contributed by atoms with E-state index >= 15 is 0 Å². The van der Waals surface area contributed by atoms with Gasteiger partial charge < -0.3 is 15.0 Å². The van der Waals surface area contributed by atoms with E-state index in [4.69, 9.17) is 5.11 Å². The fourth-order valence-corrected chi connectivity index (χ4v) is 2.05. The van der Waals surface area contributed by atoms with Gasteiger partial charge in [-0.2, -0.15) is 0 Å². The lowest BCUT2D eigenvalue weighted by molar-refractivity contribution is 0.0695. The number of halogens is 1. The SMILES string of the molecule is CCCNc1cc2c(cc1F)c(=O)c(C(=O)O)cn2C. The number of nitrogens with one attached hydrogen (secondary N) is 1. The molecule has 1 heterocycles. The summed E-state index contributed by atoms with van der Waals surface area (Å²) in [5, 5.41) is 12.0. The molecule has 0 amide bonds. The van der Waals surface area contributed by atoms with Crippen LogP contribution >= 0.6 is 0 Å². The number of carboxylic acid groups (broad SMARTS) is 1. The summed E-state index contributed by atoms with van der Waals surface area (Å²) in [7, 11) is 1.62. The van der Waals surface area contributed by atoms with E-state index in [-0.39, 0.29) is 10.9 Å². The van der Waals surface area contributed by atoms with Crippen molar-refractivity contribution in [1.29, 1.82) is 0 Å². The Morgan fingerprint density at radius 2 is 2.15 bits per heavy atom. The third-order valence-electron chi connectivity index (χ3n) is 3.07. The number of aromatic carboxylic acids is 1. The van der Waals surface area contributed by atoms with Gasteiger partial charge >= 0.3 is 5.97 Å². The minimum Gasteiger partial charge on any atom is -0.477 e. The van der Waals surface area contributed by atoms with E-state index in [1.54, 1.807) is 7.05 Å². The van der Waals surface area contributed by atoms with Crippen LogP contribution in [0.5, 0.6) is 0 Å². The van der Waals surface area contributed by atoms with E-state index in [0.29, 0.717) is 17.7 Å². The molecule has 1 aromatic heterocycles. The van der Waals surface area contributed by atoms with Crippen molar-refractivity contribution in [2.45, 2.75) is 13.3 Å². The van der Waals surface area contributed by atoms with Gasteiger partial charge in [0.15, 0.2) is 0 Å². The summed E-state index contributed by atoms with van der Waals surface area (Å²) in [5.41, 5.74) is -0.252. The van der Waals surface area contributed by atoms with Gasteiger partial charge in [0.2, 0.25) is 5.43 Å². The highest BCUT2D eigenvalue weighted by molar-refractivity contribution is 5.93. The third-order valence-corrected chi connectivity index (χ3v) is 3.07. The maximum Gasteiger partial charge on any atom is 0.341 e. The van der Waals surface area contributed by atoms with Gasteiger partial charge in [-0.05, 0) is 18.6 Å². The van der Waals surface area contributed by atoms with Crippen LogP contribution in [-0.2, 0) is 7.05 Å². The molecule has 2 rings (SSSR count). The van der Waals surface area contributed by atoms with Gasteiger partial charge in [0.1, 0.15) is 11.4 Å². The number of rotatable bonds is 4. The van der Waals surface area contributed by atoms with Crippen LogP contribution in [0.3, 0.4) is 0 Å². The van der Waals surface area contributed by atoms with E-state index in [9.17, 15) is 14.0 Å². The molecule has 0 aliphatic heterocycles. The number of nitrogens with zero attached hydrogens (tertiary/aromatic N) is 1. The van der Waals surface area contributed by atoms with E-state index in [0.717, 1.165) is 12.5 Å². The van der Waals surface area contributed by atoms with Crippen molar-refractivity contribution in [3.63, 3.8) is 0 Å². The first-order chi connectivity index (χ1) is 9.45. The fourth-order valence-electron chi connectivity index (χ4n) is 2.05. The molecule has 0 fully saturated rings. The minimum atomic E-state index is -1.32. The number of hydrogen-bond donors (Lipinski definition) is 2. The molecular formula is C14H15FN2O3. The molecule has 0 aliphatic carbocycles. The monoisotopic (exact) mass is 278 g/mol. The Morgan fingerprint density at radius 1 is 1.45 bits per heavy atom. The Hall–Kier alpha value is -2.37. The van der Waals surface area contributed by atoms with E-state index in [1.807, 2.05) is 6.92 Å². The smallest absolute Gasteiger partial charge is 0.341 e. The molecule has 6 heteroatoms. The van der Waals surface area contributed by atoms with Crippen LogP contribution in [0.4, 0.5) is 10.1 Å². The zero-order valence-corrected chi connectivity index (χ0v) is 11.2. The lowest BCUT2D eigenvalue weighted by Gasteiger charge is -2.11. The Labute approximate surface area is 114 Å². The van der Waals surface area contributed by atoms with Gasteiger partial charge in [-0.1, -0.05) is 6.92 Å². The van der Waals surface area contributed by atoms with E-state index in [2.05, 4.69) is 5.32 Å². The first kappa shape index (κ1) is 14.0. The third kappa shape index (κ3) is 2.36. The highest BCUT2D eigenvalue weighted by atomic mass is 19.1. The summed E-state index contributed by atoms with van der Waals surface area (Å²) in [5.74, 6) is -1.88. The van der Waals surface area contributed by atoms with Gasteiger partial charge in [0, 0.05) is 25.2 Å². The van der Waals surface area contributed by atoms with Gasteiger partial charge in [0.25, 0.3) is 0 Å². The Bertz CT molecular complexity index is 737. The number of hydrogen-bond acceptors (Lipinski definition) is 3. The van der Waals surface area contributed by atoms with Crippen molar-refractivity contribution in [3.8, 4) is 0 Å². The molecular weight excluding hydrogens is 263 g/mol. The molecule has 0 bridgehead atoms. The van der Waals surface area contributed by atoms with Crippen LogP contribution in [0.15, 0.2) is 23.1 Å². The minimum absolute atomic E-state index is 0.0620. The molecule has 106 valence electrons. The van der Waals surface area contributed by atoms with E-state index < -0.39 is 17.2 Å². The maximum absolute atomic E-state index is 13.9. The van der Waals surface area contributed by atoms with Crippen molar-refractivity contribution in [1.82, 2.24) is 4.57 Å². The second-order valence-corrected chi connectivity index (χ2v) is 4.56. The van der Waals surface area contributed by atoms with Crippen molar-refractivity contribution in [2.75, 3.05) is 11.9 Å². The molecule has 1 aromatic carbocycles. The average Bonchev–Trinajstić information content (AvgIpc) is 2.40. The highest BCUT2D eigenvalue weighted by Crippen LogP contribution is 2.21. The second kappa shape index (κ2) is 5.32. The Kier molecular flexibility index (Phi) is 3.74. The standard InChI is InChI=1S/C14H15FN2O3/c1-3-4-16-11-6-12-8(5-10(11)15)13(18)9(14(19)20)7-17(12)2/h5-7,16H,3-4H2,1-2H3,(H,19,20). The molecule has 0 spiro atoms. The molecule has 20 heavy (non-hydrogen) atoms. The van der Waals surface area contributed by atoms with Gasteiger partial charge in [-0.3, -0.25) is 4.79 Å². The predicted octanol–water partition coefficient (Wildman–Crippen LogP) is 2.20. The molecule has 2 N–H and O–H groups in total. The number of aromatic nitrogens is 1. The van der Waals surface area contributed by atoms with E-state index in [1.165, 1.54) is 16.8 Å². The second-order valence-electron chi connectivity index (χ2n) is 4.56. The van der Waals surface area contributed by atoms with Crippen LogP contribution in [0.1, 0.15) is 23.7 Å². The molecule has 0 radical (unpaired) electrons. The van der Waals surface area contributed by atoms with Crippen LogP contribution in [0.2, 0.25) is 0 Å². The van der Waals surface area contributed by atoms with Crippen molar-refractivity contribution in [3.05, 3.63) is 39.9 Å². The van der Waals surface area contributed by atoms with Gasteiger partial charge in [0.05, 0.1) is 11.2 Å². The van der Waals surface area contributed by atoms with Crippen LogP contribution in [0, 0.1) is 5.82 Å². The Morgan fingerprint density at radius 3 is 2.75 bits per heavy atom. The number of pyridine rings is 1. The molecule has 0 atom stereocenters. The zero-order chi connectivity index (χ0) is 14.9. The summed E-state index contributed by atoms with van der Waals surface area (Å²) in [6.07, 6.45) is 2.09. The molecule has 0 aliphatic rings. The quantitative estimate of drug-likeness (QED) is 0.899. The highest BCUT2D eigenvalue weighted by Gasteiger charge is 2.15. The largest absolute Gasteiger partial charge is 0.477 e. The normalized spacial score (nSPS) is 10.8. The maximum atomic E-state index is 13.9. The molecule has 2 aromatic rings. The number of anilines is 1. The lowest BCUT2D eigenvalue weighted by Crippen LogP contribution is -2.18. The van der Waals surface area contributed by atoms with Gasteiger partial charge in [-0.25, -0.2) is 9.18 Å². The zero-order valence-electron chi connectivity index (χ0n) is 11.2. The summed E-state index contributed by atoms with van der Waals surface area (Å²) >= 11 is 0. The number of benzene rings is 1. The molecule has 0 unspecified atom stereocenters. The van der Waals surface area contributed by atoms with Crippen LogP contribution in [0.25, 0.3) is 10.9 Å². The number of aryl methyl sites for hydroxylation is 1. The summed E-state index contributed by atoms with van der Waals surface area (Å²) in [6.45, 7) is 2.57. The summed E-state index contributed by atoms with van der Waals surface area (Å²) in [6, 6.07) is 2.61.